The van der Waals surface area contributed by atoms with Crippen molar-refractivity contribution in [3.05, 3.63) is 98.1 Å². The average Bonchev–Trinajstić information content (AvgIpc) is 2.65. The maximum absolute atomic E-state index is 13.8. The second-order valence-electron chi connectivity index (χ2n) is 8.20. The van der Waals surface area contributed by atoms with Crippen molar-refractivity contribution in [2.24, 2.45) is 0 Å². The summed E-state index contributed by atoms with van der Waals surface area (Å²) in [6.07, 6.45) is 0. The molecule has 1 atom stereocenters. The highest BCUT2D eigenvalue weighted by atomic mass is 31.1. The van der Waals surface area contributed by atoms with Crippen LogP contribution in [0.25, 0.3) is 0 Å². The third-order valence-electron chi connectivity index (χ3n) is 5.48. The molecule has 0 bridgehead atoms. The largest absolute Gasteiger partial charge is 0.558 e. The normalized spacial score (nSPS) is 11.3. The van der Waals surface area contributed by atoms with E-state index in [1.54, 1.807) is 0 Å². The standard InChI is InChI=1S/C26H25O5P/c1-14-10-16(3)22(17(4)11-14)25(27)20-8-7-9-21(31-32(29)30)24(20)26(28)23-18(5)12-15(2)13-19(23)6/h7-13H,1-6H3. The zero-order chi connectivity index (χ0) is 23.7. The van der Waals surface area contributed by atoms with Crippen LogP contribution in [0.2, 0.25) is 0 Å². The quantitative estimate of drug-likeness (QED) is 0.373. The highest BCUT2D eigenvalue weighted by Crippen LogP contribution is 2.34. The molecule has 0 aliphatic heterocycles. The van der Waals surface area contributed by atoms with E-state index in [9.17, 15) is 19.0 Å². The van der Waals surface area contributed by atoms with E-state index in [1.807, 2.05) is 65.8 Å². The molecular formula is C26H25O5P. The van der Waals surface area contributed by atoms with Gasteiger partial charge >= 0.3 is 8.25 Å². The van der Waals surface area contributed by atoms with Gasteiger partial charge in [0.1, 0.15) is 0 Å². The molecule has 0 N–H and O–H groups in total. The minimum Gasteiger partial charge on any atom is -0.558 e. The monoisotopic (exact) mass is 448 g/mol. The first-order chi connectivity index (χ1) is 15.0. The maximum atomic E-state index is 13.8. The fourth-order valence-electron chi connectivity index (χ4n) is 4.45. The Morgan fingerprint density at radius 1 is 0.719 bits per heavy atom. The van der Waals surface area contributed by atoms with Crippen LogP contribution in [-0.4, -0.2) is 11.6 Å². The molecule has 0 heterocycles. The van der Waals surface area contributed by atoms with Crippen LogP contribution < -0.4 is 9.42 Å². The number of rotatable bonds is 6. The van der Waals surface area contributed by atoms with Gasteiger partial charge in [-0.15, -0.1) is 0 Å². The molecule has 0 spiro atoms. The third-order valence-corrected chi connectivity index (χ3v) is 5.82. The topological polar surface area (TPSA) is 83.5 Å². The van der Waals surface area contributed by atoms with Crippen molar-refractivity contribution in [1.29, 1.82) is 0 Å². The van der Waals surface area contributed by atoms with Crippen LogP contribution in [0.4, 0.5) is 0 Å². The van der Waals surface area contributed by atoms with E-state index in [4.69, 9.17) is 4.52 Å². The van der Waals surface area contributed by atoms with Gasteiger partial charge in [0.25, 0.3) is 0 Å². The lowest BCUT2D eigenvalue weighted by Crippen LogP contribution is -2.16. The molecule has 0 saturated heterocycles. The molecule has 32 heavy (non-hydrogen) atoms. The molecule has 0 saturated carbocycles. The molecule has 3 aromatic carbocycles. The van der Waals surface area contributed by atoms with Crippen molar-refractivity contribution >= 4 is 19.8 Å². The van der Waals surface area contributed by atoms with E-state index in [0.29, 0.717) is 11.1 Å². The van der Waals surface area contributed by atoms with Crippen molar-refractivity contribution in [2.45, 2.75) is 41.5 Å². The number of aryl methyl sites for hydroxylation is 6. The molecule has 0 aliphatic carbocycles. The fourth-order valence-corrected chi connectivity index (χ4v) is 4.76. The van der Waals surface area contributed by atoms with Crippen LogP contribution in [0.15, 0.2) is 42.5 Å². The van der Waals surface area contributed by atoms with Crippen molar-refractivity contribution in [2.75, 3.05) is 0 Å². The molecule has 0 aromatic heterocycles. The van der Waals surface area contributed by atoms with Gasteiger partial charge in [0, 0.05) is 16.7 Å². The first-order valence-corrected chi connectivity index (χ1v) is 11.3. The van der Waals surface area contributed by atoms with Gasteiger partial charge < -0.3 is 4.89 Å². The lowest BCUT2D eigenvalue weighted by atomic mass is 9.86. The van der Waals surface area contributed by atoms with E-state index in [1.165, 1.54) is 18.2 Å². The van der Waals surface area contributed by atoms with Gasteiger partial charge in [-0.05, 0) is 74.4 Å². The molecule has 1 unspecified atom stereocenters. The lowest BCUT2D eigenvalue weighted by Gasteiger charge is -2.16. The summed E-state index contributed by atoms with van der Waals surface area (Å²) >= 11 is 0. The molecule has 0 amide bonds. The van der Waals surface area contributed by atoms with Gasteiger partial charge in [-0.3, -0.25) is 14.1 Å². The van der Waals surface area contributed by atoms with Gasteiger partial charge in [0.15, 0.2) is 17.3 Å². The maximum Gasteiger partial charge on any atom is 0.539 e. The second-order valence-corrected chi connectivity index (χ2v) is 8.83. The third kappa shape index (κ3) is 4.55. The molecule has 0 fully saturated rings. The van der Waals surface area contributed by atoms with Crippen LogP contribution in [0.3, 0.4) is 0 Å². The Morgan fingerprint density at radius 3 is 1.59 bits per heavy atom. The Morgan fingerprint density at radius 2 is 1.16 bits per heavy atom. The zero-order valence-corrected chi connectivity index (χ0v) is 19.9. The van der Waals surface area contributed by atoms with Crippen LogP contribution in [0.1, 0.15) is 65.2 Å². The summed E-state index contributed by atoms with van der Waals surface area (Å²) in [6.45, 7) is 11.2. The molecule has 0 aliphatic rings. The SMILES string of the molecule is Cc1cc(C)c(C(=O)c2cccc(O[P+](=O)[O-])c2C(=O)c2c(C)cc(C)cc2C)c(C)c1. The molecule has 5 nitrogen and oxygen atoms in total. The number of carbonyl (C=O) groups is 2. The minimum absolute atomic E-state index is 0.0499. The van der Waals surface area contributed by atoms with Gasteiger partial charge in [-0.2, -0.15) is 0 Å². The molecule has 0 radical (unpaired) electrons. The Kier molecular flexibility index (Phi) is 6.73. The van der Waals surface area contributed by atoms with Crippen LogP contribution in [-0.2, 0) is 4.57 Å². The second kappa shape index (κ2) is 9.15. The smallest absolute Gasteiger partial charge is 0.539 e. The molecule has 3 rings (SSSR count). The molecular weight excluding hydrogens is 423 g/mol. The first-order valence-electron chi connectivity index (χ1n) is 10.2. The summed E-state index contributed by atoms with van der Waals surface area (Å²) < 4.78 is 16.4. The number of hydrogen-bond donors (Lipinski definition) is 0. The van der Waals surface area contributed by atoms with Gasteiger partial charge in [0.05, 0.1) is 5.56 Å². The predicted octanol–water partition coefficient (Wildman–Crippen LogP) is 5.40. The van der Waals surface area contributed by atoms with Gasteiger partial charge in [0.2, 0.25) is 0 Å². The highest BCUT2D eigenvalue weighted by Gasteiger charge is 2.29. The number of carbonyl (C=O) groups excluding carboxylic acids is 2. The van der Waals surface area contributed by atoms with E-state index < -0.39 is 14.0 Å². The van der Waals surface area contributed by atoms with Crippen LogP contribution >= 0.6 is 8.25 Å². The van der Waals surface area contributed by atoms with E-state index in [-0.39, 0.29) is 22.7 Å². The number of ketones is 2. The Bertz CT molecular complexity index is 1230. The van der Waals surface area contributed by atoms with Crippen molar-refractivity contribution < 1.29 is 23.6 Å². The van der Waals surface area contributed by atoms with E-state index >= 15 is 0 Å². The van der Waals surface area contributed by atoms with E-state index in [0.717, 1.165) is 33.4 Å². The summed E-state index contributed by atoms with van der Waals surface area (Å²) in [5, 5.41) is 0. The van der Waals surface area contributed by atoms with E-state index in [2.05, 4.69) is 0 Å². The summed E-state index contributed by atoms with van der Waals surface area (Å²) in [5.74, 6) is -0.950. The van der Waals surface area contributed by atoms with Crippen molar-refractivity contribution in [1.82, 2.24) is 0 Å². The average molecular weight is 448 g/mol. The Hall–Kier alpha value is -3.14. The summed E-state index contributed by atoms with van der Waals surface area (Å²) in [4.78, 5) is 38.8. The molecule has 3 aromatic rings. The van der Waals surface area contributed by atoms with Crippen LogP contribution in [0, 0.1) is 41.5 Å². The van der Waals surface area contributed by atoms with Crippen molar-refractivity contribution in [3.63, 3.8) is 0 Å². The van der Waals surface area contributed by atoms with Gasteiger partial charge in [-0.1, -0.05) is 47.5 Å². The van der Waals surface area contributed by atoms with Gasteiger partial charge in [-0.25, -0.2) is 0 Å². The molecule has 6 heteroatoms. The fraction of sp³-hybridized carbons (Fsp3) is 0.231. The zero-order valence-electron chi connectivity index (χ0n) is 19.0. The summed E-state index contributed by atoms with van der Waals surface area (Å²) in [5.41, 5.74) is 6.08. The highest BCUT2D eigenvalue weighted by molar-refractivity contribution is 7.31. The predicted molar refractivity (Wildman–Crippen MR) is 123 cm³/mol. The number of hydrogen-bond acceptors (Lipinski definition) is 5. The number of benzene rings is 3. The molecule has 164 valence electrons. The summed E-state index contributed by atoms with van der Waals surface area (Å²) in [7, 11) is -3.27. The lowest BCUT2D eigenvalue weighted by molar-refractivity contribution is -0.178. The van der Waals surface area contributed by atoms with Crippen LogP contribution in [0.5, 0.6) is 5.75 Å². The Labute approximate surface area is 189 Å². The summed E-state index contributed by atoms with van der Waals surface area (Å²) in [6, 6.07) is 12.0. The minimum atomic E-state index is -3.27. The first kappa shape index (κ1) is 23.5. The van der Waals surface area contributed by atoms with Crippen molar-refractivity contribution in [3.8, 4) is 5.75 Å². The Balaban J connectivity index is 2.29.